The van der Waals surface area contributed by atoms with Gasteiger partial charge in [-0.15, -0.1) is 0 Å². The van der Waals surface area contributed by atoms with Crippen LogP contribution < -0.4 is 10.6 Å². The molecule has 0 saturated carbocycles. The summed E-state index contributed by atoms with van der Waals surface area (Å²) in [5, 5.41) is 6.38. The second-order valence-corrected chi connectivity index (χ2v) is 6.33. The van der Waals surface area contributed by atoms with E-state index in [1.807, 2.05) is 6.92 Å². The normalized spacial score (nSPS) is 10.3. The van der Waals surface area contributed by atoms with Gasteiger partial charge in [0.2, 0.25) is 5.95 Å². The van der Waals surface area contributed by atoms with Crippen LogP contribution in [-0.4, -0.2) is 21.7 Å². The molecule has 136 valence electrons. The summed E-state index contributed by atoms with van der Waals surface area (Å²) in [4.78, 5) is 32.1. The number of ketones is 1. The maximum Gasteiger partial charge on any atom is 0.258 e. The lowest BCUT2D eigenvalue weighted by Crippen LogP contribution is -2.14. The van der Waals surface area contributed by atoms with E-state index in [4.69, 9.17) is 11.6 Å². The zero-order chi connectivity index (χ0) is 19.4. The SMILES string of the molecule is CC(=O)c1cccc(Nc2ncc(C(=O)Nc3cccc(Cl)c3C)cn2)c1. The van der Waals surface area contributed by atoms with Crippen molar-refractivity contribution in [3.05, 3.63) is 76.6 Å². The second kappa shape index (κ2) is 7.97. The van der Waals surface area contributed by atoms with E-state index in [1.54, 1.807) is 42.5 Å². The summed E-state index contributed by atoms with van der Waals surface area (Å²) in [6.07, 6.45) is 2.86. The first kappa shape index (κ1) is 18.5. The fourth-order valence-corrected chi connectivity index (χ4v) is 2.57. The maximum absolute atomic E-state index is 12.4. The van der Waals surface area contributed by atoms with E-state index in [0.29, 0.717) is 33.5 Å². The molecule has 1 aromatic heterocycles. The standard InChI is InChI=1S/C20H17ClN4O2/c1-12-17(21)7-4-8-18(12)25-19(27)15-10-22-20(23-11-15)24-16-6-3-5-14(9-16)13(2)26/h3-11H,1-2H3,(H,25,27)(H,22,23,24). The molecular weight excluding hydrogens is 364 g/mol. The van der Waals surface area contributed by atoms with E-state index in [-0.39, 0.29) is 11.7 Å². The van der Waals surface area contributed by atoms with Crippen LogP contribution >= 0.6 is 11.6 Å². The van der Waals surface area contributed by atoms with Gasteiger partial charge in [-0.1, -0.05) is 29.8 Å². The molecule has 2 N–H and O–H groups in total. The van der Waals surface area contributed by atoms with Gasteiger partial charge < -0.3 is 10.6 Å². The molecule has 6 nitrogen and oxygen atoms in total. The third-order valence-electron chi connectivity index (χ3n) is 3.96. The van der Waals surface area contributed by atoms with Gasteiger partial charge in [0.15, 0.2) is 5.78 Å². The van der Waals surface area contributed by atoms with Crippen molar-refractivity contribution < 1.29 is 9.59 Å². The first-order valence-corrected chi connectivity index (χ1v) is 8.58. The molecule has 0 radical (unpaired) electrons. The van der Waals surface area contributed by atoms with Crippen molar-refractivity contribution in [3.8, 4) is 0 Å². The molecule has 0 aliphatic rings. The number of carbonyl (C=O) groups excluding carboxylic acids is 2. The summed E-state index contributed by atoms with van der Waals surface area (Å²) in [5.41, 5.74) is 3.02. The number of nitrogens with zero attached hydrogens (tertiary/aromatic N) is 2. The minimum absolute atomic E-state index is 0.0251. The number of aromatic nitrogens is 2. The number of benzene rings is 2. The van der Waals surface area contributed by atoms with Crippen molar-refractivity contribution in [2.75, 3.05) is 10.6 Å². The fourth-order valence-electron chi connectivity index (χ4n) is 2.39. The van der Waals surface area contributed by atoms with Crippen LogP contribution in [0, 0.1) is 6.92 Å². The van der Waals surface area contributed by atoms with Crippen LogP contribution in [0.1, 0.15) is 33.2 Å². The topological polar surface area (TPSA) is 84.0 Å². The molecule has 0 aliphatic heterocycles. The predicted molar refractivity (Wildman–Crippen MR) is 106 cm³/mol. The molecule has 3 rings (SSSR count). The molecule has 7 heteroatoms. The average Bonchev–Trinajstić information content (AvgIpc) is 2.66. The van der Waals surface area contributed by atoms with Gasteiger partial charge >= 0.3 is 0 Å². The van der Waals surface area contributed by atoms with Crippen LogP contribution in [0.3, 0.4) is 0 Å². The number of carbonyl (C=O) groups is 2. The van der Waals surface area contributed by atoms with Crippen LogP contribution in [0.4, 0.5) is 17.3 Å². The smallest absolute Gasteiger partial charge is 0.258 e. The van der Waals surface area contributed by atoms with Gasteiger partial charge in [0.25, 0.3) is 5.91 Å². The van der Waals surface area contributed by atoms with E-state index in [9.17, 15) is 9.59 Å². The molecule has 0 atom stereocenters. The summed E-state index contributed by atoms with van der Waals surface area (Å²) in [6.45, 7) is 3.33. The maximum atomic E-state index is 12.4. The molecule has 1 amide bonds. The van der Waals surface area contributed by atoms with Crippen LogP contribution in [0.2, 0.25) is 5.02 Å². The lowest BCUT2D eigenvalue weighted by Gasteiger charge is -2.10. The fraction of sp³-hybridized carbons (Fsp3) is 0.100. The molecule has 0 aliphatic carbocycles. The third kappa shape index (κ3) is 4.48. The monoisotopic (exact) mass is 380 g/mol. The van der Waals surface area contributed by atoms with Gasteiger partial charge in [-0.05, 0) is 43.7 Å². The van der Waals surface area contributed by atoms with Crippen LogP contribution in [0.25, 0.3) is 0 Å². The summed E-state index contributed by atoms with van der Waals surface area (Å²) in [6, 6.07) is 12.3. The van der Waals surface area contributed by atoms with Crippen molar-refractivity contribution in [1.82, 2.24) is 9.97 Å². The predicted octanol–water partition coefficient (Wildman–Crippen LogP) is 4.64. The number of Topliss-reactive ketones (excluding diaryl/α,β-unsaturated/α-hetero) is 1. The summed E-state index contributed by atoms with van der Waals surface area (Å²) in [7, 11) is 0. The lowest BCUT2D eigenvalue weighted by molar-refractivity contribution is 0.101. The number of anilines is 3. The molecule has 0 bridgehead atoms. The third-order valence-corrected chi connectivity index (χ3v) is 4.36. The Morgan fingerprint density at radius 3 is 2.41 bits per heavy atom. The highest BCUT2D eigenvalue weighted by Crippen LogP contribution is 2.23. The van der Waals surface area contributed by atoms with Gasteiger partial charge in [0.05, 0.1) is 5.56 Å². The summed E-state index contributed by atoms with van der Waals surface area (Å²) in [5.74, 6) is -0.0282. The molecule has 0 unspecified atom stereocenters. The van der Waals surface area contributed by atoms with Gasteiger partial charge in [-0.25, -0.2) is 9.97 Å². The van der Waals surface area contributed by atoms with E-state index in [1.165, 1.54) is 19.3 Å². The Morgan fingerprint density at radius 2 is 1.70 bits per heavy atom. The Bertz CT molecular complexity index is 1000. The molecule has 2 aromatic carbocycles. The number of halogens is 1. The Balaban J connectivity index is 1.71. The molecule has 0 saturated heterocycles. The van der Waals surface area contributed by atoms with Crippen molar-refractivity contribution in [1.29, 1.82) is 0 Å². The zero-order valence-electron chi connectivity index (χ0n) is 14.8. The van der Waals surface area contributed by atoms with Crippen LogP contribution in [0.5, 0.6) is 0 Å². The molecule has 3 aromatic rings. The van der Waals surface area contributed by atoms with E-state index in [2.05, 4.69) is 20.6 Å². The number of hydrogen-bond donors (Lipinski definition) is 2. The molecular formula is C20H17ClN4O2. The highest BCUT2D eigenvalue weighted by Gasteiger charge is 2.10. The van der Waals surface area contributed by atoms with Gasteiger partial charge in [-0.3, -0.25) is 9.59 Å². The highest BCUT2D eigenvalue weighted by atomic mass is 35.5. The second-order valence-electron chi connectivity index (χ2n) is 5.92. The van der Waals surface area contributed by atoms with E-state index in [0.717, 1.165) is 5.56 Å². The minimum Gasteiger partial charge on any atom is -0.324 e. The Morgan fingerprint density at radius 1 is 1.00 bits per heavy atom. The molecule has 27 heavy (non-hydrogen) atoms. The van der Waals surface area contributed by atoms with Crippen LogP contribution in [-0.2, 0) is 0 Å². The van der Waals surface area contributed by atoms with E-state index >= 15 is 0 Å². The highest BCUT2D eigenvalue weighted by molar-refractivity contribution is 6.31. The van der Waals surface area contributed by atoms with E-state index < -0.39 is 0 Å². The largest absolute Gasteiger partial charge is 0.324 e. The average molecular weight is 381 g/mol. The van der Waals surface area contributed by atoms with Gasteiger partial charge in [-0.2, -0.15) is 0 Å². The molecule has 1 heterocycles. The zero-order valence-corrected chi connectivity index (χ0v) is 15.5. The van der Waals surface area contributed by atoms with Crippen molar-refractivity contribution in [2.24, 2.45) is 0 Å². The molecule has 0 spiro atoms. The Kier molecular flexibility index (Phi) is 5.47. The lowest BCUT2D eigenvalue weighted by atomic mass is 10.1. The molecule has 0 fully saturated rings. The van der Waals surface area contributed by atoms with Gasteiger partial charge in [0.1, 0.15) is 0 Å². The number of amides is 1. The van der Waals surface area contributed by atoms with Crippen molar-refractivity contribution in [2.45, 2.75) is 13.8 Å². The van der Waals surface area contributed by atoms with Gasteiger partial charge in [0, 0.05) is 34.4 Å². The van der Waals surface area contributed by atoms with Crippen LogP contribution in [0.15, 0.2) is 54.9 Å². The summed E-state index contributed by atoms with van der Waals surface area (Å²) < 4.78 is 0. The summed E-state index contributed by atoms with van der Waals surface area (Å²) >= 11 is 6.07. The van der Waals surface area contributed by atoms with Crippen molar-refractivity contribution >= 4 is 40.6 Å². The number of nitrogens with one attached hydrogen (secondary N) is 2. The first-order chi connectivity index (χ1) is 12.9. The van der Waals surface area contributed by atoms with Crippen molar-refractivity contribution in [3.63, 3.8) is 0 Å². The minimum atomic E-state index is -0.328. The Labute approximate surface area is 161 Å². The quantitative estimate of drug-likeness (QED) is 0.630. The number of rotatable bonds is 5. The first-order valence-electron chi connectivity index (χ1n) is 8.20. The number of hydrogen-bond acceptors (Lipinski definition) is 5. The Hall–Kier alpha value is -3.25.